The topological polar surface area (TPSA) is 113 Å². The number of tetrazole rings is 1. The van der Waals surface area contributed by atoms with Crippen molar-refractivity contribution in [3.8, 4) is 0 Å². The van der Waals surface area contributed by atoms with Crippen LogP contribution in [0.5, 0.6) is 0 Å². The van der Waals surface area contributed by atoms with Crippen LogP contribution in [0.15, 0.2) is 24.3 Å². The fourth-order valence-electron chi connectivity index (χ4n) is 1.70. The van der Waals surface area contributed by atoms with E-state index in [1.165, 1.54) is 24.3 Å². The van der Waals surface area contributed by atoms with Crippen molar-refractivity contribution in [1.82, 2.24) is 20.2 Å². The van der Waals surface area contributed by atoms with Gasteiger partial charge in [0, 0.05) is 12.1 Å². The Labute approximate surface area is 120 Å². The van der Waals surface area contributed by atoms with E-state index in [-0.39, 0.29) is 6.61 Å². The lowest BCUT2D eigenvalue weighted by Crippen LogP contribution is -2.13. The fraction of sp³-hybridized carbons (Fsp3) is 0.308. The van der Waals surface area contributed by atoms with E-state index in [0.717, 1.165) is 6.42 Å². The zero-order chi connectivity index (χ0) is 15.2. The van der Waals surface area contributed by atoms with Gasteiger partial charge in [-0.05, 0) is 41.1 Å². The Balaban J connectivity index is 1.98. The molecule has 0 aliphatic rings. The number of primary amides is 1. The van der Waals surface area contributed by atoms with Crippen LogP contribution in [-0.4, -0.2) is 32.1 Å². The predicted octanol–water partition coefficient (Wildman–Crippen LogP) is 0.539. The molecule has 0 saturated carbocycles. The number of rotatable bonds is 6. The molecule has 0 unspecified atom stereocenters. The average molecular weight is 289 g/mol. The summed E-state index contributed by atoms with van der Waals surface area (Å²) in [7, 11) is 0. The number of aromatic nitrogens is 4. The number of nitrogens with zero attached hydrogens (tertiary/aromatic N) is 4. The second-order valence-corrected chi connectivity index (χ2v) is 4.34. The molecule has 1 amide bonds. The minimum absolute atomic E-state index is 0.0105. The third-order valence-electron chi connectivity index (χ3n) is 2.78. The molecule has 0 fully saturated rings. The maximum absolute atomic E-state index is 11.9. The van der Waals surface area contributed by atoms with Crippen molar-refractivity contribution < 1.29 is 14.3 Å². The Hall–Kier alpha value is -2.77. The number of carbonyl (C=O) groups excluding carboxylic acids is 2. The molecule has 8 heteroatoms. The molecule has 0 aliphatic carbocycles. The number of nitrogens with two attached hydrogens (primary N) is 1. The number of amides is 1. The average Bonchev–Trinajstić information content (AvgIpc) is 2.92. The summed E-state index contributed by atoms with van der Waals surface area (Å²) >= 11 is 0. The number of benzene rings is 1. The zero-order valence-electron chi connectivity index (χ0n) is 11.5. The SMILES string of the molecule is CCCn1nnnc1COC(=O)c1ccc(C(N)=O)cc1. The summed E-state index contributed by atoms with van der Waals surface area (Å²) in [5.74, 6) is -0.579. The van der Waals surface area contributed by atoms with E-state index in [1.54, 1.807) is 4.68 Å². The first-order valence-electron chi connectivity index (χ1n) is 6.44. The smallest absolute Gasteiger partial charge is 0.338 e. The largest absolute Gasteiger partial charge is 0.454 e. The number of ether oxygens (including phenoxy) is 1. The molecule has 1 aromatic heterocycles. The summed E-state index contributed by atoms with van der Waals surface area (Å²) in [5, 5.41) is 11.1. The molecule has 1 aromatic carbocycles. The third kappa shape index (κ3) is 3.62. The summed E-state index contributed by atoms with van der Waals surface area (Å²) < 4.78 is 6.73. The first kappa shape index (κ1) is 14.6. The highest BCUT2D eigenvalue weighted by Gasteiger charge is 2.11. The van der Waals surface area contributed by atoms with E-state index >= 15 is 0 Å². The lowest BCUT2D eigenvalue weighted by Gasteiger charge is -2.05. The van der Waals surface area contributed by atoms with Crippen LogP contribution in [0.1, 0.15) is 39.9 Å². The number of hydrogen-bond acceptors (Lipinski definition) is 6. The Morgan fingerprint density at radius 1 is 1.24 bits per heavy atom. The minimum atomic E-state index is -0.548. The van der Waals surface area contributed by atoms with Gasteiger partial charge in [0.1, 0.15) is 0 Å². The van der Waals surface area contributed by atoms with Gasteiger partial charge in [0.25, 0.3) is 0 Å². The number of carbonyl (C=O) groups is 2. The van der Waals surface area contributed by atoms with E-state index in [1.807, 2.05) is 6.92 Å². The first-order valence-corrected chi connectivity index (χ1v) is 6.44. The van der Waals surface area contributed by atoms with Crippen molar-refractivity contribution in [3.05, 3.63) is 41.2 Å². The van der Waals surface area contributed by atoms with Gasteiger partial charge in [0.2, 0.25) is 5.91 Å². The highest BCUT2D eigenvalue weighted by molar-refractivity contribution is 5.95. The van der Waals surface area contributed by atoms with Gasteiger partial charge in [-0.2, -0.15) is 0 Å². The van der Waals surface area contributed by atoms with Gasteiger partial charge in [-0.3, -0.25) is 4.79 Å². The molecule has 0 radical (unpaired) electrons. The Morgan fingerprint density at radius 3 is 2.52 bits per heavy atom. The molecule has 0 bridgehead atoms. The minimum Gasteiger partial charge on any atom is -0.454 e. The van der Waals surface area contributed by atoms with Crippen molar-refractivity contribution in [2.24, 2.45) is 5.73 Å². The molecular weight excluding hydrogens is 274 g/mol. The van der Waals surface area contributed by atoms with Crippen molar-refractivity contribution >= 4 is 11.9 Å². The molecule has 2 rings (SSSR count). The van der Waals surface area contributed by atoms with Gasteiger partial charge in [-0.25, -0.2) is 9.48 Å². The number of aryl methyl sites for hydroxylation is 1. The number of hydrogen-bond donors (Lipinski definition) is 1. The van der Waals surface area contributed by atoms with E-state index in [4.69, 9.17) is 10.5 Å². The van der Waals surface area contributed by atoms with Crippen LogP contribution in [0.4, 0.5) is 0 Å². The van der Waals surface area contributed by atoms with Gasteiger partial charge < -0.3 is 10.5 Å². The van der Waals surface area contributed by atoms with E-state index in [0.29, 0.717) is 23.5 Å². The van der Waals surface area contributed by atoms with Gasteiger partial charge >= 0.3 is 5.97 Å². The second kappa shape index (κ2) is 6.60. The summed E-state index contributed by atoms with van der Waals surface area (Å²) in [5.41, 5.74) is 5.79. The van der Waals surface area contributed by atoms with Crippen molar-refractivity contribution in [3.63, 3.8) is 0 Å². The molecular formula is C13H15N5O3. The highest BCUT2D eigenvalue weighted by atomic mass is 16.5. The molecule has 2 aromatic rings. The fourth-order valence-corrected chi connectivity index (χ4v) is 1.70. The maximum atomic E-state index is 11.9. The van der Waals surface area contributed by atoms with Crippen LogP contribution < -0.4 is 5.73 Å². The molecule has 0 aliphatic heterocycles. The Morgan fingerprint density at radius 2 is 1.90 bits per heavy atom. The lowest BCUT2D eigenvalue weighted by atomic mass is 10.1. The molecule has 0 atom stereocenters. The van der Waals surface area contributed by atoms with Crippen LogP contribution in [0.2, 0.25) is 0 Å². The molecule has 0 spiro atoms. The number of esters is 1. The molecule has 21 heavy (non-hydrogen) atoms. The zero-order valence-corrected chi connectivity index (χ0v) is 11.5. The van der Waals surface area contributed by atoms with Crippen molar-refractivity contribution in [2.45, 2.75) is 26.5 Å². The quantitative estimate of drug-likeness (QED) is 0.776. The van der Waals surface area contributed by atoms with E-state index in [2.05, 4.69) is 15.5 Å². The normalized spacial score (nSPS) is 10.3. The summed E-state index contributed by atoms with van der Waals surface area (Å²) in [6, 6.07) is 5.91. The van der Waals surface area contributed by atoms with Gasteiger partial charge in [0.15, 0.2) is 12.4 Å². The van der Waals surface area contributed by atoms with E-state index < -0.39 is 11.9 Å². The standard InChI is InChI=1S/C13H15N5O3/c1-2-7-18-11(15-16-17-18)8-21-13(20)10-5-3-9(4-6-10)12(14)19/h3-6H,2,7-8H2,1H3,(H2,14,19). The lowest BCUT2D eigenvalue weighted by molar-refractivity contribution is 0.0456. The first-order chi connectivity index (χ1) is 10.1. The van der Waals surface area contributed by atoms with Crippen LogP contribution in [0, 0.1) is 0 Å². The molecule has 2 N–H and O–H groups in total. The molecule has 110 valence electrons. The van der Waals surface area contributed by atoms with Gasteiger partial charge in [-0.1, -0.05) is 6.92 Å². The Bertz CT molecular complexity index is 636. The summed E-state index contributed by atoms with van der Waals surface area (Å²) in [6.07, 6.45) is 0.876. The summed E-state index contributed by atoms with van der Waals surface area (Å²) in [6.45, 7) is 2.65. The van der Waals surface area contributed by atoms with Crippen LogP contribution in [0.3, 0.4) is 0 Å². The van der Waals surface area contributed by atoms with Crippen molar-refractivity contribution in [1.29, 1.82) is 0 Å². The van der Waals surface area contributed by atoms with Crippen LogP contribution >= 0.6 is 0 Å². The highest BCUT2D eigenvalue weighted by Crippen LogP contribution is 2.07. The summed E-state index contributed by atoms with van der Waals surface area (Å²) in [4.78, 5) is 22.8. The van der Waals surface area contributed by atoms with E-state index in [9.17, 15) is 9.59 Å². The molecule has 0 saturated heterocycles. The Kier molecular flexibility index (Phi) is 4.60. The monoisotopic (exact) mass is 289 g/mol. The molecule has 1 heterocycles. The third-order valence-corrected chi connectivity index (χ3v) is 2.78. The van der Waals surface area contributed by atoms with Crippen molar-refractivity contribution in [2.75, 3.05) is 0 Å². The predicted molar refractivity (Wildman–Crippen MR) is 72.2 cm³/mol. The van der Waals surface area contributed by atoms with Crippen LogP contribution in [0.25, 0.3) is 0 Å². The van der Waals surface area contributed by atoms with Gasteiger partial charge in [0.05, 0.1) is 5.56 Å². The maximum Gasteiger partial charge on any atom is 0.338 e. The second-order valence-electron chi connectivity index (χ2n) is 4.34. The molecule has 8 nitrogen and oxygen atoms in total. The van der Waals surface area contributed by atoms with Crippen LogP contribution in [-0.2, 0) is 17.9 Å². The van der Waals surface area contributed by atoms with Gasteiger partial charge in [-0.15, -0.1) is 5.10 Å².